The number of amides is 2. The van der Waals surface area contributed by atoms with Gasteiger partial charge in [0.2, 0.25) is 0 Å². The van der Waals surface area contributed by atoms with Crippen LogP contribution in [-0.2, 0) is 9.53 Å². The predicted molar refractivity (Wildman–Crippen MR) is 100.0 cm³/mol. The van der Waals surface area contributed by atoms with Crippen molar-refractivity contribution in [1.82, 2.24) is 10.7 Å². The number of alkyl carbamates (subject to hydrolysis) is 1. The summed E-state index contributed by atoms with van der Waals surface area (Å²) in [6.45, 7) is 8.71. The number of nitrogens with zero attached hydrogens (tertiary/aromatic N) is 1. The van der Waals surface area contributed by atoms with Gasteiger partial charge in [-0.15, -0.1) is 0 Å². The molecular weight excluding hydrogens is 334 g/mol. The van der Waals surface area contributed by atoms with Crippen LogP contribution in [0.5, 0.6) is 5.75 Å². The van der Waals surface area contributed by atoms with Gasteiger partial charge in [-0.1, -0.05) is 18.2 Å². The van der Waals surface area contributed by atoms with Crippen molar-refractivity contribution in [1.29, 1.82) is 0 Å². The molecule has 2 atom stereocenters. The number of carbonyl (C=O) groups excluding carboxylic acids is 2. The average molecular weight is 359 g/mol. The lowest BCUT2D eigenvalue weighted by atomic mass is 10.0. The summed E-state index contributed by atoms with van der Waals surface area (Å²) in [5.74, 6) is 0.369. The second-order valence-corrected chi connectivity index (χ2v) is 7.04. The van der Waals surface area contributed by atoms with Gasteiger partial charge in [0.1, 0.15) is 23.5 Å². The Labute approximate surface area is 153 Å². The number of hydrazone groups is 1. The molecule has 26 heavy (non-hydrogen) atoms. The van der Waals surface area contributed by atoms with E-state index in [0.29, 0.717) is 0 Å². The normalized spacial score (nSPS) is 17.6. The summed E-state index contributed by atoms with van der Waals surface area (Å²) < 4.78 is 10.9. The van der Waals surface area contributed by atoms with E-state index in [1.807, 2.05) is 37.3 Å². The molecule has 7 nitrogen and oxygen atoms in total. The summed E-state index contributed by atoms with van der Waals surface area (Å²) in [4.78, 5) is 23.7. The van der Waals surface area contributed by atoms with Crippen LogP contribution in [0.4, 0.5) is 4.79 Å². The molecule has 2 N–H and O–H groups in total. The van der Waals surface area contributed by atoms with E-state index >= 15 is 0 Å². The number of para-hydroxylation sites is 1. The molecule has 0 fully saturated rings. The van der Waals surface area contributed by atoms with Crippen LogP contribution in [-0.4, -0.2) is 36.0 Å². The maximum absolute atomic E-state index is 12.0. The minimum Gasteiger partial charge on any atom is -0.485 e. The largest absolute Gasteiger partial charge is 0.485 e. The van der Waals surface area contributed by atoms with Gasteiger partial charge < -0.3 is 14.8 Å². The molecular formula is C19H25N3O4. The van der Waals surface area contributed by atoms with E-state index < -0.39 is 23.6 Å². The van der Waals surface area contributed by atoms with E-state index in [0.717, 1.165) is 16.9 Å². The standard InChI is InChI=1S/C19H25N3O4/c1-12(21-18(24)26-19(3,4)5)17(23)22-20-11-15-10-14-8-6-7-9-16(14)25-13(15)2/h6-13H,1-5H3,(H,21,24)(H,22,23)/b20-11+/t12-,13?/m1/s1. The molecule has 0 saturated carbocycles. The van der Waals surface area contributed by atoms with Crippen molar-refractivity contribution in [2.45, 2.75) is 52.4 Å². The second-order valence-electron chi connectivity index (χ2n) is 7.04. The first-order chi connectivity index (χ1) is 12.2. The highest BCUT2D eigenvalue weighted by Gasteiger charge is 2.21. The highest BCUT2D eigenvalue weighted by atomic mass is 16.6. The number of fused-ring (bicyclic) bond motifs is 1. The lowest BCUT2D eigenvalue weighted by Crippen LogP contribution is -2.45. The third-order valence-corrected chi connectivity index (χ3v) is 3.53. The van der Waals surface area contributed by atoms with Gasteiger partial charge in [0.15, 0.2) is 0 Å². The van der Waals surface area contributed by atoms with Gasteiger partial charge in [0, 0.05) is 11.1 Å². The molecule has 0 saturated heterocycles. The van der Waals surface area contributed by atoms with Crippen LogP contribution in [0.3, 0.4) is 0 Å². The fraction of sp³-hybridized carbons (Fsp3) is 0.421. The van der Waals surface area contributed by atoms with E-state index in [1.54, 1.807) is 33.9 Å². The van der Waals surface area contributed by atoms with Gasteiger partial charge in [-0.3, -0.25) is 4.79 Å². The average Bonchev–Trinajstić information content (AvgIpc) is 2.53. The summed E-state index contributed by atoms with van der Waals surface area (Å²) in [6.07, 6.45) is 2.67. The molecule has 0 aromatic heterocycles. The van der Waals surface area contributed by atoms with Gasteiger partial charge in [0.05, 0.1) is 6.21 Å². The number of carbonyl (C=O) groups is 2. The Morgan fingerprint density at radius 1 is 1.31 bits per heavy atom. The zero-order valence-electron chi connectivity index (χ0n) is 15.7. The lowest BCUT2D eigenvalue weighted by Gasteiger charge is -2.22. The number of ether oxygens (including phenoxy) is 2. The van der Waals surface area contributed by atoms with Crippen molar-refractivity contribution in [2.24, 2.45) is 5.10 Å². The molecule has 1 aliphatic heterocycles. The van der Waals surface area contributed by atoms with Crippen molar-refractivity contribution in [2.75, 3.05) is 0 Å². The first kappa shape index (κ1) is 19.5. The quantitative estimate of drug-likeness (QED) is 0.639. The molecule has 1 aliphatic rings. The molecule has 1 unspecified atom stereocenters. The van der Waals surface area contributed by atoms with Gasteiger partial charge in [-0.2, -0.15) is 5.10 Å². The summed E-state index contributed by atoms with van der Waals surface area (Å²) in [7, 11) is 0. The summed E-state index contributed by atoms with van der Waals surface area (Å²) >= 11 is 0. The van der Waals surface area contributed by atoms with Gasteiger partial charge in [-0.25, -0.2) is 10.2 Å². The van der Waals surface area contributed by atoms with Crippen LogP contribution in [0, 0.1) is 0 Å². The van der Waals surface area contributed by atoms with E-state index in [9.17, 15) is 9.59 Å². The minimum atomic E-state index is -0.781. The van der Waals surface area contributed by atoms with Crippen molar-refractivity contribution in [3.63, 3.8) is 0 Å². The Bertz CT molecular complexity index is 735. The molecule has 140 valence electrons. The van der Waals surface area contributed by atoms with Crippen LogP contribution in [0.1, 0.15) is 40.2 Å². The lowest BCUT2D eigenvalue weighted by molar-refractivity contribution is -0.122. The summed E-state index contributed by atoms with van der Waals surface area (Å²) in [5.41, 5.74) is 3.57. The fourth-order valence-electron chi connectivity index (χ4n) is 2.22. The van der Waals surface area contributed by atoms with Gasteiger partial charge in [-0.05, 0) is 46.8 Å². The second kappa shape index (κ2) is 8.03. The molecule has 0 bridgehead atoms. The third kappa shape index (κ3) is 5.61. The van der Waals surface area contributed by atoms with Crippen LogP contribution in [0.2, 0.25) is 0 Å². The van der Waals surface area contributed by atoms with Crippen molar-refractivity contribution < 1.29 is 19.1 Å². The molecule has 7 heteroatoms. The Kier molecular flexibility index (Phi) is 6.02. The highest BCUT2D eigenvalue weighted by Crippen LogP contribution is 2.28. The smallest absolute Gasteiger partial charge is 0.408 e. The molecule has 0 spiro atoms. The van der Waals surface area contributed by atoms with Crippen LogP contribution < -0.4 is 15.5 Å². The number of benzene rings is 1. The molecule has 0 aliphatic carbocycles. The van der Waals surface area contributed by atoms with Gasteiger partial charge >= 0.3 is 6.09 Å². The predicted octanol–water partition coefficient (Wildman–Crippen LogP) is 2.87. The van der Waals surface area contributed by atoms with Gasteiger partial charge in [0.25, 0.3) is 5.91 Å². The summed E-state index contributed by atoms with van der Waals surface area (Å²) in [5, 5.41) is 6.42. The van der Waals surface area contributed by atoms with Crippen molar-refractivity contribution in [3.8, 4) is 5.75 Å². The minimum absolute atomic E-state index is 0.178. The molecule has 0 radical (unpaired) electrons. The number of nitrogens with one attached hydrogen (secondary N) is 2. The summed E-state index contributed by atoms with van der Waals surface area (Å²) in [6, 6.07) is 6.91. The number of rotatable bonds is 4. The van der Waals surface area contributed by atoms with Crippen molar-refractivity contribution >= 4 is 24.3 Å². The van der Waals surface area contributed by atoms with Crippen LogP contribution >= 0.6 is 0 Å². The molecule has 1 heterocycles. The SMILES string of the molecule is CC1Oc2ccccc2C=C1/C=N/NC(=O)[C@@H](C)NC(=O)OC(C)(C)C. The number of hydrogen-bond donors (Lipinski definition) is 2. The monoisotopic (exact) mass is 359 g/mol. The third-order valence-electron chi connectivity index (χ3n) is 3.53. The first-order valence-corrected chi connectivity index (χ1v) is 8.45. The van der Waals surface area contributed by atoms with E-state index in [4.69, 9.17) is 9.47 Å². The van der Waals surface area contributed by atoms with Crippen LogP contribution in [0.25, 0.3) is 6.08 Å². The Balaban J connectivity index is 1.90. The highest BCUT2D eigenvalue weighted by molar-refractivity contribution is 5.90. The number of hydrogen-bond acceptors (Lipinski definition) is 5. The van der Waals surface area contributed by atoms with E-state index in [2.05, 4.69) is 15.8 Å². The molecule has 1 aromatic carbocycles. The maximum atomic E-state index is 12.0. The van der Waals surface area contributed by atoms with E-state index in [1.165, 1.54) is 0 Å². The molecule has 1 aromatic rings. The molecule has 2 rings (SSSR count). The fourth-order valence-corrected chi connectivity index (χ4v) is 2.22. The molecule has 2 amide bonds. The Morgan fingerprint density at radius 3 is 2.69 bits per heavy atom. The van der Waals surface area contributed by atoms with Crippen LogP contribution in [0.15, 0.2) is 34.9 Å². The topological polar surface area (TPSA) is 89.0 Å². The van der Waals surface area contributed by atoms with Crippen molar-refractivity contribution in [3.05, 3.63) is 35.4 Å². The Hall–Kier alpha value is -2.83. The Morgan fingerprint density at radius 2 is 2.00 bits per heavy atom. The zero-order valence-corrected chi connectivity index (χ0v) is 15.7. The first-order valence-electron chi connectivity index (χ1n) is 8.45. The maximum Gasteiger partial charge on any atom is 0.408 e. The van der Waals surface area contributed by atoms with E-state index in [-0.39, 0.29) is 6.10 Å². The zero-order chi connectivity index (χ0) is 19.3.